The van der Waals surface area contributed by atoms with Crippen LogP contribution in [0.15, 0.2) is 35.0 Å². The molecule has 6 heteroatoms. The fourth-order valence-corrected chi connectivity index (χ4v) is 2.02. The topological polar surface area (TPSA) is 90.7 Å². The predicted octanol–water partition coefficient (Wildman–Crippen LogP) is 2.39. The molecular weight excluding hydrogens is 254 g/mol. The van der Waals surface area contributed by atoms with Crippen molar-refractivity contribution < 1.29 is 4.52 Å². The third kappa shape index (κ3) is 2.01. The van der Waals surface area contributed by atoms with E-state index >= 15 is 0 Å². The van der Waals surface area contributed by atoms with Crippen molar-refractivity contribution in [2.24, 2.45) is 0 Å². The Bertz CT molecular complexity index is 752. The Morgan fingerprint density at radius 2 is 2.00 bits per heavy atom. The molecule has 3 rings (SSSR count). The van der Waals surface area contributed by atoms with Gasteiger partial charge in [-0.15, -0.1) is 0 Å². The van der Waals surface area contributed by atoms with E-state index in [0.29, 0.717) is 17.1 Å². The van der Waals surface area contributed by atoms with E-state index in [9.17, 15) is 0 Å². The summed E-state index contributed by atoms with van der Waals surface area (Å²) in [5.74, 6) is 0.879. The predicted molar refractivity (Wildman–Crippen MR) is 74.6 cm³/mol. The van der Waals surface area contributed by atoms with Gasteiger partial charge in [-0.05, 0) is 32.0 Å². The van der Waals surface area contributed by atoms with Crippen molar-refractivity contribution in [2.75, 3.05) is 5.73 Å². The first-order valence-electron chi connectivity index (χ1n) is 6.14. The Kier molecular flexibility index (Phi) is 2.90. The van der Waals surface area contributed by atoms with Crippen molar-refractivity contribution in [2.45, 2.75) is 13.8 Å². The number of anilines is 1. The monoisotopic (exact) mass is 267 g/mol. The standard InChI is InChI=1S/C14H13N5O/c1-8-7-10(9(2)18-17-8)13-12(14(15)19-20-13)11-5-3-4-6-16-11/h3-7H,1-2H3,(H2,15,19). The number of hydrogen-bond donors (Lipinski definition) is 1. The summed E-state index contributed by atoms with van der Waals surface area (Å²) in [6.07, 6.45) is 1.70. The van der Waals surface area contributed by atoms with Crippen molar-refractivity contribution in [3.8, 4) is 22.6 Å². The highest BCUT2D eigenvalue weighted by Crippen LogP contribution is 2.36. The van der Waals surface area contributed by atoms with Gasteiger partial charge in [0, 0.05) is 11.8 Å². The van der Waals surface area contributed by atoms with Crippen LogP contribution in [-0.2, 0) is 0 Å². The normalized spacial score (nSPS) is 10.7. The molecule has 6 nitrogen and oxygen atoms in total. The number of rotatable bonds is 2. The molecule has 0 unspecified atom stereocenters. The van der Waals surface area contributed by atoms with Crippen LogP contribution < -0.4 is 5.73 Å². The van der Waals surface area contributed by atoms with Crippen LogP contribution in [0.25, 0.3) is 22.6 Å². The van der Waals surface area contributed by atoms with Gasteiger partial charge >= 0.3 is 0 Å². The molecule has 0 aliphatic carbocycles. The van der Waals surface area contributed by atoms with E-state index in [4.69, 9.17) is 10.3 Å². The third-order valence-electron chi connectivity index (χ3n) is 2.98. The highest BCUT2D eigenvalue weighted by molar-refractivity contribution is 5.85. The minimum absolute atomic E-state index is 0.313. The van der Waals surface area contributed by atoms with Gasteiger partial charge in [0.05, 0.1) is 22.6 Å². The molecule has 0 bridgehead atoms. The van der Waals surface area contributed by atoms with Crippen LogP contribution in [0.4, 0.5) is 5.82 Å². The van der Waals surface area contributed by atoms with Crippen molar-refractivity contribution in [1.29, 1.82) is 0 Å². The Balaban J connectivity index is 2.24. The molecule has 0 atom stereocenters. The highest BCUT2D eigenvalue weighted by atomic mass is 16.5. The van der Waals surface area contributed by atoms with Gasteiger partial charge < -0.3 is 10.3 Å². The zero-order chi connectivity index (χ0) is 14.1. The minimum Gasteiger partial charge on any atom is -0.380 e. The molecule has 0 radical (unpaired) electrons. The van der Waals surface area contributed by atoms with Gasteiger partial charge in [-0.1, -0.05) is 11.2 Å². The molecule has 0 aliphatic heterocycles. The van der Waals surface area contributed by atoms with Gasteiger partial charge in [0.1, 0.15) is 0 Å². The van der Waals surface area contributed by atoms with Crippen LogP contribution in [0.3, 0.4) is 0 Å². The molecule has 2 N–H and O–H groups in total. The summed E-state index contributed by atoms with van der Waals surface area (Å²) in [6, 6.07) is 7.50. The molecular formula is C14H13N5O. The fraction of sp³-hybridized carbons (Fsp3) is 0.143. The second-order valence-corrected chi connectivity index (χ2v) is 4.47. The molecule has 20 heavy (non-hydrogen) atoms. The average molecular weight is 267 g/mol. The molecule has 3 aromatic rings. The second-order valence-electron chi connectivity index (χ2n) is 4.47. The van der Waals surface area contributed by atoms with Crippen LogP contribution in [0.1, 0.15) is 11.4 Å². The highest BCUT2D eigenvalue weighted by Gasteiger charge is 2.20. The summed E-state index contributed by atoms with van der Waals surface area (Å²) in [5, 5.41) is 12.0. The maximum atomic E-state index is 5.92. The van der Waals surface area contributed by atoms with E-state index in [1.54, 1.807) is 6.20 Å². The van der Waals surface area contributed by atoms with Gasteiger partial charge in [-0.25, -0.2) is 0 Å². The maximum Gasteiger partial charge on any atom is 0.180 e. The summed E-state index contributed by atoms with van der Waals surface area (Å²) in [7, 11) is 0. The van der Waals surface area contributed by atoms with Crippen LogP contribution >= 0.6 is 0 Å². The van der Waals surface area contributed by atoms with Crippen molar-refractivity contribution in [3.63, 3.8) is 0 Å². The molecule has 0 saturated heterocycles. The first-order chi connectivity index (χ1) is 9.66. The van der Waals surface area contributed by atoms with Crippen LogP contribution in [0, 0.1) is 13.8 Å². The van der Waals surface area contributed by atoms with Gasteiger partial charge in [-0.2, -0.15) is 10.2 Å². The van der Waals surface area contributed by atoms with Gasteiger partial charge in [-0.3, -0.25) is 4.98 Å². The van der Waals surface area contributed by atoms with Crippen LogP contribution in [0.2, 0.25) is 0 Å². The zero-order valence-electron chi connectivity index (χ0n) is 11.2. The number of hydrogen-bond acceptors (Lipinski definition) is 6. The van der Waals surface area contributed by atoms with E-state index in [-0.39, 0.29) is 0 Å². The lowest BCUT2D eigenvalue weighted by Crippen LogP contribution is -1.95. The summed E-state index contributed by atoms with van der Waals surface area (Å²) < 4.78 is 5.39. The maximum absolute atomic E-state index is 5.92. The molecule has 100 valence electrons. The Labute approximate surface area is 115 Å². The van der Waals surface area contributed by atoms with Gasteiger partial charge in [0.15, 0.2) is 11.6 Å². The average Bonchev–Trinajstić information content (AvgIpc) is 2.84. The lowest BCUT2D eigenvalue weighted by Gasteiger charge is -2.04. The van der Waals surface area contributed by atoms with Crippen molar-refractivity contribution in [3.05, 3.63) is 41.9 Å². The van der Waals surface area contributed by atoms with Crippen LogP contribution in [-0.4, -0.2) is 20.3 Å². The number of aromatic nitrogens is 4. The molecule has 3 heterocycles. The molecule has 0 aliphatic rings. The number of nitrogens with zero attached hydrogens (tertiary/aromatic N) is 4. The third-order valence-corrected chi connectivity index (χ3v) is 2.98. The largest absolute Gasteiger partial charge is 0.380 e. The quantitative estimate of drug-likeness (QED) is 0.766. The number of nitrogen functional groups attached to an aromatic ring is 1. The summed E-state index contributed by atoms with van der Waals surface area (Å²) >= 11 is 0. The molecule has 0 amide bonds. The second kappa shape index (κ2) is 4.73. The minimum atomic E-state index is 0.313. The lowest BCUT2D eigenvalue weighted by molar-refractivity contribution is 0.435. The molecule has 0 saturated carbocycles. The summed E-state index contributed by atoms with van der Waals surface area (Å²) in [5.41, 5.74) is 9.69. The van der Waals surface area contributed by atoms with Gasteiger partial charge in [0.25, 0.3) is 0 Å². The Morgan fingerprint density at radius 3 is 2.75 bits per heavy atom. The summed E-state index contributed by atoms with van der Waals surface area (Å²) in [6.45, 7) is 3.73. The zero-order valence-corrected chi connectivity index (χ0v) is 11.2. The molecule has 0 spiro atoms. The lowest BCUT2D eigenvalue weighted by atomic mass is 10.0. The van der Waals surface area contributed by atoms with E-state index < -0.39 is 0 Å². The van der Waals surface area contributed by atoms with Gasteiger partial charge in [0.2, 0.25) is 0 Å². The fourth-order valence-electron chi connectivity index (χ4n) is 2.02. The first kappa shape index (κ1) is 12.3. The SMILES string of the molecule is Cc1cc(-c2onc(N)c2-c2ccccn2)c(C)nn1. The number of aryl methyl sites for hydroxylation is 2. The van der Waals surface area contributed by atoms with E-state index in [1.807, 2.05) is 38.1 Å². The number of nitrogens with two attached hydrogens (primary N) is 1. The molecule has 0 fully saturated rings. The van der Waals surface area contributed by atoms with Crippen molar-refractivity contribution in [1.82, 2.24) is 20.3 Å². The Hall–Kier alpha value is -2.76. The molecule has 0 aromatic carbocycles. The number of pyridine rings is 1. The van der Waals surface area contributed by atoms with Crippen molar-refractivity contribution >= 4 is 5.82 Å². The summed E-state index contributed by atoms with van der Waals surface area (Å²) in [4.78, 5) is 4.30. The first-order valence-corrected chi connectivity index (χ1v) is 6.14. The Morgan fingerprint density at radius 1 is 1.15 bits per heavy atom. The smallest absolute Gasteiger partial charge is 0.180 e. The van der Waals surface area contributed by atoms with E-state index in [1.165, 1.54) is 0 Å². The molecule has 3 aromatic heterocycles. The van der Waals surface area contributed by atoms with Crippen LogP contribution in [0.5, 0.6) is 0 Å². The van der Waals surface area contributed by atoms with E-state index in [0.717, 1.165) is 22.6 Å². The van der Waals surface area contributed by atoms with E-state index in [2.05, 4.69) is 20.3 Å².